The van der Waals surface area contributed by atoms with E-state index in [2.05, 4.69) is 38.6 Å². The summed E-state index contributed by atoms with van der Waals surface area (Å²) in [5, 5.41) is 7.47. The van der Waals surface area contributed by atoms with Crippen LogP contribution in [0.25, 0.3) is 0 Å². The largest absolute Gasteiger partial charge is 0.373 e. The van der Waals surface area contributed by atoms with Gasteiger partial charge < -0.3 is 14.7 Å². The normalized spacial score (nSPS) is 17.5. The van der Waals surface area contributed by atoms with Crippen molar-refractivity contribution in [2.24, 2.45) is 0 Å². The number of nitrogens with one attached hydrogen (secondary N) is 1. The third-order valence-electron chi connectivity index (χ3n) is 3.34. The van der Waals surface area contributed by atoms with E-state index in [0.717, 1.165) is 25.2 Å². The van der Waals surface area contributed by atoms with Crippen molar-refractivity contribution >= 4 is 5.69 Å². The van der Waals surface area contributed by atoms with Gasteiger partial charge in [-0.15, -0.1) is 0 Å². The summed E-state index contributed by atoms with van der Waals surface area (Å²) >= 11 is 0. The summed E-state index contributed by atoms with van der Waals surface area (Å²) in [6.07, 6.45) is 1.72. The first kappa shape index (κ1) is 12.2. The number of anilines is 1. The van der Waals surface area contributed by atoms with Crippen LogP contribution in [0, 0.1) is 0 Å². The topological polar surface area (TPSA) is 54.2 Å². The van der Waals surface area contributed by atoms with Crippen molar-refractivity contribution in [3.63, 3.8) is 0 Å². The lowest BCUT2D eigenvalue weighted by Gasteiger charge is -2.06. The molecule has 0 saturated heterocycles. The summed E-state index contributed by atoms with van der Waals surface area (Å²) in [5.41, 5.74) is 2.47. The minimum Gasteiger partial charge on any atom is -0.373 e. The van der Waals surface area contributed by atoms with Crippen molar-refractivity contribution in [3.05, 3.63) is 41.5 Å². The zero-order valence-electron chi connectivity index (χ0n) is 11.3. The Hall–Kier alpha value is -1.88. The minimum atomic E-state index is 0.109. The highest BCUT2D eigenvalue weighted by Gasteiger charge is 2.26. The van der Waals surface area contributed by atoms with Crippen LogP contribution in [0.4, 0.5) is 5.69 Å². The van der Waals surface area contributed by atoms with E-state index in [1.165, 1.54) is 11.3 Å². The molecule has 1 aliphatic heterocycles. The quantitative estimate of drug-likeness (QED) is 0.907. The van der Waals surface area contributed by atoms with Crippen LogP contribution in [0.1, 0.15) is 23.3 Å². The van der Waals surface area contributed by atoms with Crippen LogP contribution in [0.15, 0.2) is 28.8 Å². The highest BCUT2D eigenvalue weighted by Crippen LogP contribution is 2.32. The van der Waals surface area contributed by atoms with E-state index >= 15 is 0 Å². The molecule has 0 bridgehead atoms. The lowest BCUT2D eigenvalue weighted by Crippen LogP contribution is -2.15. The lowest BCUT2D eigenvalue weighted by molar-refractivity contribution is 0.354. The molecule has 3 rings (SSSR count). The molecular formula is C14H18N4O. The number of hydrogen-bond acceptors (Lipinski definition) is 5. The summed E-state index contributed by atoms with van der Waals surface area (Å²) in [4.78, 5) is 6.59. The second-order valence-corrected chi connectivity index (χ2v) is 5.16. The van der Waals surface area contributed by atoms with Gasteiger partial charge >= 0.3 is 0 Å². The average molecular weight is 258 g/mol. The molecule has 0 fully saturated rings. The van der Waals surface area contributed by atoms with E-state index in [4.69, 9.17) is 4.52 Å². The van der Waals surface area contributed by atoms with Crippen molar-refractivity contribution < 1.29 is 4.52 Å². The molecule has 0 radical (unpaired) electrons. The van der Waals surface area contributed by atoms with Crippen LogP contribution in [0.3, 0.4) is 0 Å². The SMILES string of the molecule is CN(C)CCc1noc([C@@H]2Cc3ccccc3N2)n1. The number of benzene rings is 1. The van der Waals surface area contributed by atoms with Crippen LogP contribution in [0.2, 0.25) is 0 Å². The number of para-hydroxylation sites is 1. The smallest absolute Gasteiger partial charge is 0.249 e. The molecule has 5 heteroatoms. The van der Waals surface area contributed by atoms with Gasteiger partial charge in [-0.25, -0.2) is 0 Å². The maximum absolute atomic E-state index is 5.37. The van der Waals surface area contributed by atoms with E-state index in [-0.39, 0.29) is 6.04 Å². The molecule has 0 unspecified atom stereocenters. The fourth-order valence-corrected chi connectivity index (χ4v) is 2.28. The monoisotopic (exact) mass is 258 g/mol. The van der Waals surface area contributed by atoms with Crippen molar-refractivity contribution in [2.75, 3.05) is 26.0 Å². The Kier molecular flexibility index (Phi) is 3.21. The Morgan fingerprint density at radius 2 is 2.21 bits per heavy atom. The maximum Gasteiger partial charge on any atom is 0.249 e. The number of likely N-dealkylation sites (N-methyl/N-ethyl adjacent to an activating group) is 1. The number of nitrogens with zero attached hydrogens (tertiary/aromatic N) is 3. The van der Waals surface area contributed by atoms with Crippen LogP contribution < -0.4 is 5.32 Å². The van der Waals surface area contributed by atoms with Crippen LogP contribution in [0.5, 0.6) is 0 Å². The third kappa shape index (κ3) is 2.61. The van der Waals surface area contributed by atoms with E-state index in [1.54, 1.807) is 0 Å². The second-order valence-electron chi connectivity index (χ2n) is 5.16. The molecule has 0 amide bonds. The lowest BCUT2D eigenvalue weighted by atomic mass is 10.1. The minimum absolute atomic E-state index is 0.109. The van der Waals surface area contributed by atoms with E-state index in [0.29, 0.717) is 5.89 Å². The summed E-state index contributed by atoms with van der Waals surface area (Å²) in [7, 11) is 4.08. The van der Waals surface area contributed by atoms with Crippen molar-refractivity contribution in [3.8, 4) is 0 Å². The molecule has 1 aliphatic rings. The van der Waals surface area contributed by atoms with Crippen LogP contribution in [-0.4, -0.2) is 35.7 Å². The molecular weight excluding hydrogens is 240 g/mol. The summed E-state index contributed by atoms with van der Waals surface area (Å²) < 4.78 is 5.37. The van der Waals surface area contributed by atoms with E-state index in [1.807, 2.05) is 20.2 Å². The number of rotatable bonds is 4. The van der Waals surface area contributed by atoms with Gasteiger partial charge in [-0.3, -0.25) is 0 Å². The molecule has 1 atom stereocenters. The Bertz CT molecular complexity index is 539. The van der Waals surface area contributed by atoms with Gasteiger partial charge in [0.2, 0.25) is 5.89 Å². The van der Waals surface area contributed by atoms with Crippen LogP contribution >= 0.6 is 0 Å². The highest BCUT2D eigenvalue weighted by atomic mass is 16.5. The number of hydrogen-bond donors (Lipinski definition) is 1. The standard InChI is InChI=1S/C14H18N4O/c1-18(2)8-7-13-16-14(19-17-13)12-9-10-5-3-4-6-11(10)15-12/h3-6,12,15H,7-9H2,1-2H3/t12-/m0/s1. The van der Waals surface area contributed by atoms with Gasteiger partial charge in [0.15, 0.2) is 5.82 Å². The summed E-state index contributed by atoms with van der Waals surface area (Å²) in [6.45, 7) is 0.928. The average Bonchev–Trinajstić information content (AvgIpc) is 3.02. The summed E-state index contributed by atoms with van der Waals surface area (Å²) in [6, 6.07) is 8.41. The summed E-state index contributed by atoms with van der Waals surface area (Å²) in [5.74, 6) is 1.46. The first-order valence-electron chi connectivity index (χ1n) is 6.54. The molecule has 5 nitrogen and oxygen atoms in total. The Morgan fingerprint density at radius 1 is 1.37 bits per heavy atom. The molecule has 2 aromatic rings. The van der Waals surface area contributed by atoms with E-state index < -0.39 is 0 Å². The first-order chi connectivity index (χ1) is 9.22. The molecule has 0 aliphatic carbocycles. The number of aromatic nitrogens is 2. The van der Waals surface area contributed by atoms with E-state index in [9.17, 15) is 0 Å². The van der Waals surface area contributed by atoms with Crippen molar-refractivity contribution in [1.82, 2.24) is 15.0 Å². The number of fused-ring (bicyclic) bond motifs is 1. The Labute approximate surface area is 112 Å². The predicted molar refractivity (Wildman–Crippen MR) is 73.1 cm³/mol. The molecule has 1 aromatic carbocycles. The molecule has 0 spiro atoms. The van der Waals surface area contributed by atoms with Crippen molar-refractivity contribution in [2.45, 2.75) is 18.9 Å². The molecule has 19 heavy (non-hydrogen) atoms. The van der Waals surface area contributed by atoms with Gasteiger partial charge in [-0.05, 0) is 25.7 Å². The van der Waals surface area contributed by atoms with Gasteiger partial charge in [0.25, 0.3) is 0 Å². The predicted octanol–water partition coefficient (Wildman–Crippen LogP) is 1.88. The van der Waals surface area contributed by atoms with Gasteiger partial charge in [0, 0.05) is 25.1 Å². The highest BCUT2D eigenvalue weighted by molar-refractivity contribution is 5.56. The second kappa shape index (κ2) is 5.01. The molecule has 1 N–H and O–H groups in total. The molecule has 0 saturated carbocycles. The van der Waals surface area contributed by atoms with Gasteiger partial charge in [-0.1, -0.05) is 23.4 Å². The van der Waals surface area contributed by atoms with Crippen LogP contribution in [-0.2, 0) is 12.8 Å². The van der Waals surface area contributed by atoms with Crippen molar-refractivity contribution in [1.29, 1.82) is 0 Å². The molecule has 2 heterocycles. The maximum atomic E-state index is 5.37. The van der Waals surface area contributed by atoms with Gasteiger partial charge in [0.1, 0.15) is 6.04 Å². The Morgan fingerprint density at radius 3 is 3.00 bits per heavy atom. The first-order valence-corrected chi connectivity index (χ1v) is 6.54. The zero-order chi connectivity index (χ0) is 13.2. The fraction of sp³-hybridized carbons (Fsp3) is 0.429. The van der Waals surface area contributed by atoms with Gasteiger partial charge in [-0.2, -0.15) is 4.98 Å². The Balaban J connectivity index is 1.68. The van der Waals surface area contributed by atoms with Gasteiger partial charge in [0.05, 0.1) is 0 Å². The zero-order valence-corrected chi connectivity index (χ0v) is 11.3. The molecule has 100 valence electrons. The third-order valence-corrected chi connectivity index (χ3v) is 3.34. The molecule has 1 aromatic heterocycles. The fourth-order valence-electron chi connectivity index (χ4n) is 2.28.